The largest absolute Gasteiger partial charge is 0.466 e. The van der Waals surface area contributed by atoms with Crippen molar-refractivity contribution < 1.29 is 14.3 Å². The maximum atomic E-state index is 13.0. The summed E-state index contributed by atoms with van der Waals surface area (Å²) in [6.07, 6.45) is 4.80. The lowest BCUT2D eigenvalue weighted by atomic mass is 10.1. The molecule has 0 aromatic heterocycles. The molecule has 1 amide bonds. The van der Waals surface area contributed by atoms with E-state index < -0.39 is 0 Å². The smallest absolute Gasteiger partial charge is 0.307 e. The van der Waals surface area contributed by atoms with Gasteiger partial charge in [-0.2, -0.15) is 0 Å². The summed E-state index contributed by atoms with van der Waals surface area (Å²) in [4.78, 5) is 30.3. The molecule has 26 heavy (non-hydrogen) atoms. The van der Waals surface area contributed by atoms with Crippen LogP contribution in [-0.2, 0) is 9.53 Å². The number of amides is 1. The summed E-state index contributed by atoms with van der Waals surface area (Å²) in [6, 6.07) is 4.98. The van der Waals surface area contributed by atoms with Crippen LogP contribution in [0.1, 0.15) is 30.6 Å². The average Bonchev–Trinajstić information content (AvgIpc) is 2.64. The van der Waals surface area contributed by atoms with Crippen LogP contribution in [0.5, 0.6) is 0 Å². The van der Waals surface area contributed by atoms with Crippen LogP contribution in [0.4, 0.5) is 11.4 Å². The Hall–Kier alpha value is -3.09. The van der Waals surface area contributed by atoms with Crippen LogP contribution in [-0.4, -0.2) is 42.8 Å². The second-order valence-corrected chi connectivity index (χ2v) is 5.24. The zero-order chi connectivity index (χ0) is 19.5. The summed E-state index contributed by atoms with van der Waals surface area (Å²) < 4.78 is 4.94. The van der Waals surface area contributed by atoms with Crippen molar-refractivity contribution in [1.29, 1.82) is 0 Å². The first-order valence-corrected chi connectivity index (χ1v) is 8.34. The minimum Gasteiger partial charge on any atom is -0.466 e. The average molecular weight is 358 g/mol. The number of carbonyl (C=O) groups excluding carboxylic acids is 2. The number of hydrogen-bond donors (Lipinski definition) is 2. The van der Waals surface area contributed by atoms with E-state index in [9.17, 15) is 9.59 Å². The van der Waals surface area contributed by atoms with E-state index in [0.717, 1.165) is 5.69 Å². The number of carbonyl (C=O) groups is 2. The van der Waals surface area contributed by atoms with Crippen molar-refractivity contribution in [2.75, 3.05) is 31.2 Å². The van der Waals surface area contributed by atoms with Crippen LogP contribution in [0.3, 0.4) is 0 Å². The zero-order valence-corrected chi connectivity index (χ0v) is 15.5. The van der Waals surface area contributed by atoms with Crippen LogP contribution in [0.2, 0.25) is 0 Å². The Kier molecular flexibility index (Phi) is 8.63. The van der Waals surface area contributed by atoms with Crippen LogP contribution in [0.15, 0.2) is 48.1 Å². The molecule has 0 saturated heterocycles. The van der Waals surface area contributed by atoms with Crippen LogP contribution in [0.25, 0.3) is 0 Å². The topological polar surface area (TPSA) is 97.0 Å². The lowest BCUT2D eigenvalue weighted by Crippen LogP contribution is -2.37. The molecule has 0 aliphatic heterocycles. The molecule has 7 nitrogen and oxygen atoms in total. The molecule has 0 bridgehead atoms. The quantitative estimate of drug-likeness (QED) is 0.322. The monoisotopic (exact) mass is 358 g/mol. The van der Waals surface area contributed by atoms with Gasteiger partial charge in [-0.25, -0.2) is 4.99 Å². The molecule has 140 valence electrons. The van der Waals surface area contributed by atoms with Crippen molar-refractivity contribution in [3.05, 3.63) is 48.7 Å². The van der Waals surface area contributed by atoms with Crippen molar-refractivity contribution in [1.82, 2.24) is 4.90 Å². The van der Waals surface area contributed by atoms with E-state index in [0.29, 0.717) is 17.1 Å². The van der Waals surface area contributed by atoms with Gasteiger partial charge in [-0.05, 0) is 38.1 Å². The zero-order valence-electron chi connectivity index (χ0n) is 15.5. The van der Waals surface area contributed by atoms with Crippen molar-refractivity contribution in [2.45, 2.75) is 20.3 Å². The predicted molar refractivity (Wildman–Crippen MR) is 105 cm³/mol. The van der Waals surface area contributed by atoms with E-state index in [1.54, 1.807) is 44.4 Å². The van der Waals surface area contributed by atoms with Gasteiger partial charge in [0.25, 0.3) is 5.91 Å². The first-order valence-electron chi connectivity index (χ1n) is 8.34. The van der Waals surface area contributed by atoms with E-state index in [-0.39, 0.29) is 31.4 Å². The highest BCUT2D eigenvalue weighted by atomic mass is 16.5. The van der Waals surface area contributed by atoms with Crippen LogP contribution < -0.4 is 11.1 Å². The molecule has 0 atom stereocenters. The van der Waals surface area contributed by atoms with Gasteiger partial charge >= 0.3 is 5.97 Å². The molecule has 0 heterocycles. The number of allylic oxidation sites excluding steroid dienone is 1. The Labute approximate surface area is 154 Å². The van der Waals surface area contributed by atoms with Crippen LogP contribution in [0, 0.1) is 0 Å². The van der Waals surface area contributed by atoms with Gasteiger partial charge in [0.2, 0.25) is 0 Å². The molecule has 1 aromatic rings. The number of anilines is 2. The lowest BCUT2D eigenvalue weighted by Gasteiger charge is -2.22. The van der Waals surface area contributed by atoms with Crippen molar-refractivity contribution in [2.24, 2.45) is 4.99 Å². The molecule has 7 heteroatoms. The standard InChI is InChI=1S/C19H26N4O3/c1-5-11-22-17(6-2)23(12-10-18(24)26-7-3)19(25)14-8-9-16(21-4)15(20)13-14/h5-6,8-9,11,13,21H,2,7,10,12,20H2,1,3-4H3. The number of nitrogens with zero attached hydrogens (tertiary/aromatic N) is 2. The fourth-order valence-corrected chi connectivity index (χ4v) is 2.22. The third kappa shape index (κ3) is 5.77. The fraction of sp³-hybridized carbons (Fsp3) is 0.316. The number of amidine groups is 1. The fourth-order valence-electron chi connectivity index (χ4n) is 2.22. The Bertz CT molecular complexity index is 711. The Morgan fingerprint density at radius 1 is 1.42 bits per heavy atom. The number of nitrogens with one attached hydrogen (secondary N) is 1. The number of benzene rings is 1. The third-order valence-corrected chi connectivity index (χ3v) is 3.47. The summed E-state index contributed by atoms with van der Waals surface area (Å²) in [7, 11) is 1.75. The normalized spacial score (nSPS) is 11.3. The Morgan fingerprint density at radius 3 is 2.69 bits per heavy atom. The number of hydrogen-bond acceptors (Lipinski definition) is 6. The summed E-state index contributed by atoms with van der Waals surface area (Å²) >= 11 is 0. The number of aliphatic imine (C=N–C) groups is 1. The molecular formula is C19H26N4O3. The summed E-state index contributed by atoms with van der Waals surface area (Å²) in [5.74, 6) is -0.370. The molecule has 0 aliphatic rings. The Morgan fingerprint density at radius 2 is 2.15 bits per heavy atom. The maximum Gasteiger partial charge on any atom is 0.307 e. The van der Waals surface area contributed by atoms with Crippen LogP contribution >= 0.6 is 0 Å². The van der Waals surface area contributed by atoms with Gasteiger partial charge in [-0.15, -0.1) is 0 Å². The maximum absolute atomic E-state index is 13.0. The summed E-state index contributed by atoms with van der Waals surface area (Å²) in [5, 5.41) is 2.95. The van der Waals surface area contributed by atoms with Gasteiger partial charge in [-0.1, -0.05) is 12.7 Å². The number of nitrogen functional groups attached to an aromatic ring is 1. The summed E-state index contributed by atoms with van der Waals surface area (Å²) in [5.41, 5.74) is 7.52. The molecule has 3 N–H and O–H groups in total. The van der Waals surface area contributed by atoms with Crippen molar-refractivity contribution >= 4 is 29.1 Å². The lowest BCUT2D eigenvalue weighted by molar-refractivity contribution is -0.143. The minimum absolute atomic E-state index is 0.0480. The third-order valence-electron chi connectivity index (χ3n) is 3.47. The predicted octanol–water partition coefficient (Wildman–Crippen LogP) is 2.82. The highest BCUT2D eigenvalue weighted by Crippen LogP contribution is 2.20. The van der Waals surface area contributed by atoms with E-state index >= 15 is 0 Å². The number of nitrogens with two attached hydrogens (primary N) is 1. The molecular weight excluding hydrogens is 332 g/mol. The Balaban J connectivity index is 3.16. The minimum atomic E-state index is -0.384. The van der Waals surface area contributed by atoms with E-state index in [2.05, 4.69) is 16.9 Å². The molecule has 0 spiro atoms. The molecule has 1 aromatic carbocycles. The van der Waals surface area contributed by atoms with Crippen molar-refractivity contribution in [3.63, 3.8) is 0 Å². The van der Waals surface area contributed by atoms with Gasteiger partial charge < -0.3 is 15.8 Å². The first-order chi connectivity index (χ1) is 12.5. The molecule has 0 fully saturated rings. The highest BCUT2D eigenvalue weighted by molar-refractivity contribution is 6.10. The molecule has 1 rings (SSSR count). The molecule has 0 aliphatic carbocycles. The van der Waals surface area contributed by atoms with Gasteiger partial charge in [0.05, 0.1) is 24.4 Å². The second-order valence-electron chi connectivity index (χ2n) is 5.24. The number of rotatable bonds is 8. The second kappa shape index (κ2) is 10.7. The van der Waals surface area contributed by atoms with Gasteiger partial charge in [0.1, 0.15) is 5.84 Å². The SMILES string of the molecule is C=CC(=NC=CC)N(CCC(=O)OCC)C(=O)c1ccc(NC)c(N)c1. The van der Waals surface area contributed by atoms with E-state index in [1.807, 2.05) is 6.92 Å². The van der Waals surface area contributed by atoms with Crippen molar-refractivity contribution in [3.8, 4) is 0 Å². The van der Waals surface area contributed by atoms with Gasteiger partial charge in [0, 0.05) is 25.4 Å². The first kappa shape index (κ1) is 21.0. The summed E-state index contributed by atoms with van der Waals surface area (Å²) in [6.45, 7) is 7.66. The van der Waals surface area contributed by atoms with E-state index in [4.69, 9.17) is 10.5 Å². The number of ether oxygens (including phenoxy) is 1. The van der Waals surface area contributed by atoms with E-state index in [1.165, 1.54) is 11.0 Å². The molecule has 0 saturated carbocycles. The van der Waals surface area contributed by atoms with Gasteiger partial charge in [0.15, 0.2) is 0 Å². The highest BCUT2D eigenvalue weighted by Gasteiger charge is 2.21. The molecule has 0 radical (unpaired) electrons. The number of esters is 1. The molecule has 0 unspecified atom stereocenters. The van der Waals surface area contributed by atoms with Gasteiger partial charge in [-0.3, -0.25) is 14.5 Å².